The summed E-state index contributed by atoms with van der Waals surface area (Å²) in [5, 5.41) is 9.39. The van der Waals surface area contributed by atoms with Gasteiger partial charge in [0.05, 0.1) is 11.4 Å². The van der Waals surface area contributed by atoms with Crippen LogP contribution in [-0.2, 0) is 0 Å². The Balaban J connectivity index is 1.77. The van der Waals surface area contributed by atoms with E-state index in [-0.39, 0.29) is 5.92 Å². The van der Waals surface area contributed by atoms with Gasteiger partial charge in [-0.1, -0.05) is 34.1 Å². The Kier molecular flexibility index (Phi) is 5.46. The molecule has 0 amide bonds. The number of nitrogens with two attached hydrogens (primary N) is 1. The predicted octanol–water partition coefficient (Wildman–Crippen LogP) is 3.40. The summed E-state index contributed by atoms with van der Waals surface area (Å²) in [7, 11) is 3.85. The number of hydrogen-bond donors (Lipinski definition) is 1. The monoisotopic (exact) mass is 449 g/mol. The molecule has 0 aliphatic rings. The van der Waals surface area contributed by atoms with Crippen LogP contribution in [0.25, 0.3) is 22.4 Å². The number of nitrogens with zero attached hydrogens (tertiary/aromatic N) is 6. The van der Waals surface area contributed by atoms with Crippen LogP contribution in [0, 0.1) is 0 Å². The molecule has 0 radical (unpaired) electrons. The third kappa shape index (κ3) is 3.81. The lowest BCUT2D eigenvalue weighted by Crippen LogP contribution is -2.16. The van der Waals surface area contributed by atoms with Gasteiger partial charge < -0.3 is 10.6 Å². The van der Waals surface area contributed by atoms with Crippen LogP contribution in [0.15, 0.2) is 59.3 Å². The van der Waals surface area contributed by atoms with Crippen molar-refractivity contribution in [3.63, 3.8) is 0 Å². The highest BCUT2D eigenvalue weighted by Crippen LogP contribution is 2.32. The van der Waals surface area contributed by atoms with Crippen molar-refractivity contribution in [1.82, 2.24) is 25.1 Å². The molecule has 0 spiro atoms. The van der Waals surface area contributed by atoms with E-state index in [0.717, 1.165) is 26.9 Å². The molecule has 0 aliphatic carbocycles. The van der Waals surface area contributed by atoms with Crippen LogP contribution in [0.4, 0.5) is 5.82 Å². The average Bonchev–Trinajstić information content (AvgIpc) is 2.75. The van der Waals surface area contributed by atoms with E-state index in [0.29, 0.717) is 23.6 Å². The molecule has 0 fully saturated rings. The van der Waals surface area contributed by atoms with Gasteiger partial charge in [0.2, 0.25) is 0 Å². The Bertz CT molecular complexity index is 1150. The van der Waals surface area contributed by atoms with Crippen molar-refractivity contribution < 1.29 is 0 Å². The van der Waals surface area contributed by atoms with Crippen molar-refractivity contribution in [2.24, 2.45) is 5.73 Å². The lowest BCUT2D eigenvalue weighted by molar-refractivity contribution is 0.788. The van der Waals surface area contributed by atoms with Gasteiger partial charge in [-0.15, -0.1) is 10.2 Å². The zero-order valence-corrected chi connectivity index (χ0v) is 17.7. The van der Waals surface area contributed by atoms with Gasteiger partial charge in [0.1, 0.15) is 12.0 Å². The van der Waals surface area contributed by atoms with Crippen molar-refractivity contribution >= 4 is 32.8 Å². The zero-order chi connectivity index (χ0) is 20.4. The summed E-state index contributed by atoms with van der Waals surface area (Å²) in [6.07, 6.45) is 1.54. The number of halogens is 1. The number of benzene rings is 1. The molecular weight excluding hydrogens is 430 g/mol. The second-order valence-electron chi connectivity index (χ2n) is 6.81. The summed E-state index contributed by atoms with van der Waals surface area (Å²) in [5.41, 5.74) is 10.1. The normalized spacial score (nSPS) is 12.1. The maximum Gasteiger partial charge on any atom is 0.163 e. The predicted molar refractivity (Wildman–Crippen MR) is 118 cm³/mol. The van der Waals surface area contributed by atoms with Crippen LogP contribution in [0.5, 0.6) is 0 Å². The molecule has 7 nitrogen and oxygen atoms in total. The SMILES string of the molecule is CN(C)c1ccc(-c2ccc3c(C(CN)c4ccccc4Br)ncnc3n2)nn1. The first-order chi connectivity index (χ1) is 14.1. The zero-order valence-electron chi connectivity index (χ0n) is 16.1. The van der Waals surface area contributed by atoms with Gasteiger partial charge in [0, 0.05) is 36.4 Å². The largest absolute Gasteiger partial charge is 0.361 e. The number of anilines is 1. The lowest BCUT2D eigenvalue weighted by atomic mass is 9.93. The maximum atomic E-state index is 6.13. The van der Waals surface area contributed by atoms with Gasteiger partial charge in [-0.3, -0.25) is 0 Å². The maximum absolute atomic E-state index is 6.13. The molecule has 146 valence electrons. The molecule has 4 aromatic rings. The van der Waals surface area contributed by atoms with E-state index in [1.54, 1.807) is 0 Å². The molecule has 8 heteroatoms. The van der Waals surface area contributed by atoms with E-state index >= 15 is 0 Å². The summed E-state index contributed by atoms with van der Waals surface area (Å²) < 4.78 is 1.00. The highest BCUT2D eigenvalue weighted by molar-refractivity contribution is 9.10. The van der Waals surface area contributed by atoms with Crippen molar-refractivity contribution in [3.05, 3.63) is 70.6 Å². The summed E-state index contributed by atoms with van der Waals surface area (Å²) >= 11 is 3.62. The Morgan fingerprint density at radius 2 is 1.76 bits per heavy atom. The fourth-order valence-corrected chi connectivity index (χ4v) is 3.79. The lowest BCUT2D eigenvalue weighted by Gasteiger charge is -2.18. The molecule has 1 aromatic carbocycles. The van der Waals surface area contributed by atoms with E-state index in [4.69, 9.17) is 10.7 Å². The minimum absolute atomic E-state index is 0.0668. The van der Waals surface area contributed by atoms with E-state index in [1.165, 1.54) is 6.33 Å². The molecule has 0 saturated heterocycles. The van der Waals surface area contributed by atoms with Gasteiger partial charge in [-0.05, 0) is 35.9 Å². The van der Waals surface area contributed by atoms with E-state index < -0.39 is 0 Å². The third-order valence-corrected chi connectivity index (χ3v) is 5.47. The minimum Gasteiger partial charge on any atom is -0.361 e. The summed E-state index contributed by atoms with van der Waals surface area (Å²) in [6, 6.07) is 15.8. The van der Waals surface area contributed by atoms with Gasteiger partial charge in [-0.25, -0.2) is 15.0 Å². The number of hydrogen-bond acceptors (Lipinski definition) is 7. The molecule has 0 saturated carbocycles. The molecule has 1 atom stereocenters. The average molecular weight is 450 g/mol. The van der Waals surface area contributed by atoms with Gasteiger partial charge in [0.25, 0.3) is 0 Å². The fourth-order valence-electron chi connectivity index (χ4n) is 3.23. The Morgan fingerprint density at radius 3 is 2.45 bits per heavy atom. The standard InChI is InChI=1S/C21H20BrN7/c1-29(2)19-10-9-18(27-28-19)17-8-7-14-20(24-12-25-21(14)26-17)15(11-23)13-5-3-4-6-16(13)22/h3-10,12,15H,11,23H2,1-2H3. The number of rotatable bonds is 5. The first-order valence-electron chi connectivity index (χ1n) is 9.16. The molecule has 1 unspecified atom stereocenters. The van der Waals surface area contributed by atoms with Crippen LogP contribution in [-0.4, -0.2) is 45.8 Å². The summed E-state index contributed by atoms with van der Waals surface area (Å²) in [6.45, 7) is 0.425. The summed E-state index contributed by atoms with van der Waals surface area (Å²) in [5.74, 6) is 0.723. The quantitative estimate of drug-likeness (QED) is 0.498. The Morgan fingerprint density at radius 1 is 0.966 bits per heavy atom. The van der Waals surface area contributed by atoms with Gasteiger partial charge >= 0.3 is 0 Å². The molecule has 0 aliphatic heterocycles. The molecule has 3 heterocycles. The second kappa shape index (κ2) is 8.18. The molecule has 4 rings (SSSR count). The first kappa shape index (κ1) is 19.4. The first-order valence-corrected chi connectivity index (χ1v) is 9.95. The topological polar surface area (TPSA) is 93.7 Å². The highest BCUT2D eigenvalue weighted by atomic mass is 79.9. The van der Waals surface area contributed by atoms with Crippen molar-refractivity contribution in [1.29, 1.82) is 0 Å². The van der Waals surface area contributed by atoms with Gasteiger partial charge in [0.15, 0.2) is 11.5 Å². The van der Waals surface area contributed by atoms with Crippen LogP contribution in [0.2, 0.25) is 0 Å². The molecule has 0 bridgehead atoms. The third-order valence-electron chi connectivity index (χ3n) is 4.75. The van der Waals surface area contributed by atoms with Crippen molar-refractivity contribution in [2.75, 3.05) is 25.5 Å². The van der Waals surface area contributed by atoms with Crippen LogP contribution in [0.3, 0.4) is 0 Å². The number of aromatic nitrogens is 5. The molecule has 3 aromatic heterocycles. The van der Waals surface area contributed by atoms with Crippen LogP contribution in [0.1, 0.15) is 17.2 Å². The Hall–Kier alpha value is -2.97. The van der Waals surface area contributed by atoms with E-state index in [9.17, 15) is 0 Å². The van der Waals surface area contributed by atoms with E-state index in [1.807, 2.05) is 61.5 Å². The Labute approximate surface area is 177 Å². The van der Waals surface area contributed by atoms with Crippen molar-refractivity contribution in [2.45, 2.75) is 5.92 Å². The van der Waals surface area contributed by atoms with Crippen LogP contribution >= 0.6 is 15.9 Å². The molecule has 2 N–H and O–H groups in total. The number of fused-ring (bicyclic) bond motifs is 1. The fraction of sp³-hybridized carbons (Fsp3) is 0.190. The highest BCUT2D eigenvalue weighted by Gasteiger charge is 2.20. The smallest absolute Gasteiger partial charge is 0.163 e. The second-order valence-corrected chi connectivity index (χ2v) is 7.66. The summed E-state index contributed by atoms with van der Waals surface area (Å²) in [4.78, 5) is 15.5. The van der Waals surface area contributed by atoms with E-state index in [2.05, 4.69) is 42.2 Å². The molecular formula is C21H20BrN7. The number of pyridine rings is 1. The van der Waals surface area contributed by atoms with Crippen molar-refractivity contribution in [3.8, 4) is 11.4 Å². The van der Waals surface area contributed by atoms with Crippen LogP contribution < -0.4 is 10.6 Å². The molecule has 29 heavy (non-hydrogen) atoms. The van der Waals surface area contributed by atoms with Gasteiger partial charge in [-0.2, -0.15) is 0 Å². The minimum atomic E-state index is -0.0668.